The Morgan fingerprint density at radius 3 is 2.33 bits per heavy atom. The minimum Gasteiger partial charge on any atom is -0.497 e. The molecule has 0 unspecified atom stereocenters. The Hall–Kier alpha value is -3.52. The highest BCUT2D eigenvalue weighted by Gasteiger charge is 2.21. The molecule has 1 fully saturated rings. The molecular weight excluding hydrogens is 424 g/mol. The van der Waals surface area contributed by atoms with Crippen molar-refractivity contribution in [3.8, 4) is 23.0 Å². The van der Waals surface area contributed by atoms with Gasteiger partial charge in [-0.15, -0.1) is 0 Å². The first-order chi connectivity index (χ1) is 16.0. The van der Waals surface area contributed by atoms with Crippen molar-refractivity contribution in [2.75, 3.05) is 46.4 Å². The van der Waals surface area contributed by atoms with E-state index in [1.165, 1.54) is 0 Å². The normalized spacial score (nSPS) is 14.3. The van der Waals surface area contributed by atoms with E-state index < -0.39 is 0 Å². The number of carbonyl (C=O) groups excluding carboxylic acids is 1. The van der Waals surface area contributed by atoms with Crippen molar-refractivity contribution in [1.29, 1.82) is 0 Å². The molecule has 0 atom stereocenters. The fourth-order valence-corrected chi connectivity index (χ4v) is 3.79. The molecule has 1 aliphatic heterocycles. The Kier molecular flexibility index (Phi) is 6.84. The fourth-order valence-electron chi connectivity index (χ4n) is 3.79. The largest absolute Gasteiger partial charge is 0.497 e. The second-order valence-electron chi connectivity index (χ2n) is 7.86. The summed E-state index contributed by atoms with van der Waals surface area (Å²) in [5.41, 5.74) is 0.0991. The van der Waals surface area contributed by atoms with Crippen LogP contribution in [0, 0.1) is 6.92 Å². The summed E-state index contributed by atoms with van der Waals surface area (Å²) in [6.45, 7) is 7.90. The molecule has 33 heavy (non-hydrogen) atoms. The number of ether oxygens (including phenoxy) is 3. The number of aryl methyl sites for hydroxylation is 1. The van der Waals surface area contributed by atoms with Crippen LogP contribution in [0.25, 0.3) is 11.0 Å². The van der Waals surface area contributed by atoms with E-state index in [0.717, 1.165) is 19.6 Å². The highest BCUT2D eigenvalue weighted by atomic mass is 16.5. The molecule has 8 heteroatoms. The van der Waals surface area contributed by atoms with Gasteiger partial charge in [0.25, 0.3) is 5.91 Å². The third-order valence-electron chi connectivity index (χ3n) is 5.80. The number of methoxy groups -OCH3 is 1. The predicted molar refractivity (Wildman–Crippen MR) is 124 cm³/mol. The van der Waals surface area contributed by atoms with Crippen molar-refractivity contribution in [3.05, 3.63) is 58.4 Å². The number of fused-ring (bicyclic) bond motifs is 1. The van der Waals surface area contributed by atoms with E-state index in [1.54, 1.807) is 56.5 Å². The molecule has 0 N–H and O–H groups in total. The topological polar surface area (TPSA) is 81.5 Å². The van der Waals surface area contributed by atoms with Crippen LogP contribution in [0.2, 0.25) is 0 Å². The molecule has 174 valence electrons. The van der Waals surface area contributed by atoms with Crippen LogP contribution in [-0.2, 0) is 4.79 Å². The fraction of sp³-hybridized carbons (Fsp3) is 0.360. The zero-order valence-corrected chi connectivity index (χ0v) is 19.1. The summed E-state index contributed by atoms with van der Waals surface area (Å²) in [5, 5.41) is 0.374. The third kappa shape index (κ3) is 5.12. The highest BCUT2D eigenvalue weighted by molar-refractivity contribution is 5.80. The number of likely N-dealkylation sites (N-methyl/N-ethyl adjacent to an activating group) is 1. The van der Waals surface area contributed by atoms with Gasteiger partial charge in [0.05, 0.1) is 12.5 Å². The van der Waals surface area contributed by atoms with Gasteiger partial charge >= 0.3 is 0 Å². The minimum atomic E-state index is -0.277. The summed E-state index contributed by atoms with van der Waals surface area (Å²) in [7, 11) is 1.58. The maximum atomic E-state index is 13.0. The molecule has 0 saturated carbocycles. The molecule has 1 saturated heterocycles. The lowest BCUT2D eigenvalue weighted by molar-refractivity contribution is -0.135. The predicted octanol–water partition coefficient (Wildman–Crippen LogP) is 3.45. The Labute approximate surface area is 192 Å². The SMILES string of the molecule is CCN1CCN(C(=O)COc2ccc3c(=O)c(Oc4ccc(OC)cc4)c(C)oc3c2)CC1. The van der Waals surface area contributed by atoms with E-state index in [4.69, 9.17) is 18.6 Å². The maximum Gasteiger partial charge on any atom is 0.260 e. The van der Waals surface area contributed by atoms with Gasteiger partial charge in [-0.25, -0.2) is 0 Å². The van der Waals surface area contributed by atoms with Crippen molar-refractivity contribution in [2.24, 2.45) is 0 Å². The van der Waals surface area contributed by atoms with Crippen LogP contribution in [0.5, 0.6) is 23.0 Å². The van der Waals surface area contributed by atoms with Gasteiger partial charge < -0.3 is 28.4 Å². The average molecular weight is 453 g/mol. The molecule has 0 radical (unpaired) electrons. The molecule has 2 heterocycles. The summed E-state index contributed by atoms with van der Waals surface area (Å²) in [6, 6.07) is 11.9. The molecule has 0 spiro atoms. The van der Waals surface area contributed by atoms with Crippen LogP contribution in [0.1, 0.15) is 12.7 Å². The van der Waals surface area contributed by atoms with Gasteiger partial charge in [0.2, 0.25) is 11.2 Å². The summed E-state index contributed by atoms with van der Waals surface area (Å²) in [4.78, 5) is 29.6. The third-order valence-corrected chi connectivity index (χ3v) is 5.80. The van der Waals surface area contributed by atoms with Crippen molar-refractivity contribution in [1.82, 2.24) is 9.80 Å². The number of benzene rings is 2. The van der Waals surface area contributed by atoms with Gasteiger partial charge in [0, 0.05) is 32.2 Å². The van der Waals surface area contributed by atoms with Crippen LogP contribution < -0.4 is 19.6 Å². The van der Waals surface area contributed by atoms with Gasteiger partial charge in [-0.2, -0.15) is 0 Å². The van der Waals surface area contributed by atoms with Crippen molar-refractivity contribution < 1.29 is 23.4 Å². The summed E-state index contributed by atoms with van der Waals surface area (Å²) < 4.78 is 22.5. The van der Waals surface area contributed by atoms with Gasteiger partial charge in [0.1, 0.15) is 28.6 Å². The maximum absolute atomic E-state index is 13.0. The average Bonchev–Trinajstić information content (AvgIpc) is 2.85. The van der Waals surface area contributed by atoms with Crippen LogP contribution in [0.4, 0.5) is 0 Å². The number of amides is 1. The molecule has 3 aromatic rings. The molecular formula is C25H28N2O6. The quantitative estimate of drug-likeness (QED) is 0.543. The number of carbonyl (C=O) groups is 1. The lowest BCUT2D eigenvalue weighted by Crippen LogP contribution is -2.49. The number of nitrogens with zero attached hydrogens (tertiary/aromatic N) is 2. The zero-order valence-electron chi connectivity index (χ0n) is 19.1. The van der Waals surface area contributed by atoms with Crippen LogP contribution in [0.15, 0.2) is 51.7 Å². The van der Waals surface area contributed by atoms with Crippen molar-refractivity contribution >= 4 is 16.9 Å². The molecule has 0 aliphatic carbocycles. The Bertz CT molecular complexity index is 1180. The molecule has 1 aromatic heterocycles. The van der Waals surface area contributed by atoms with Gasteiger partial charge in [-0.3, -0.25) is 9.59 Å². The van der Waals surface area contributed by atoms with Gasteiger partial charge in [-0.1, -0.05) is 6.92 Å². The Morgan fingerprint density at radius 1 is 1.00 bits per heavy atom. The second kappa shape index (κ2) is 9.95. The zero-order chi connectivity index (χ0) is 23.4. The number of piperazine rings is 1. The van der Waals surface area contributed by atoms with Crippen LogP contribution in [0.3, 0.4) is 0 Å². The minimum absolute atomic E-state index is 0.0493. The lowest BCUT2D eigenvalue weighted by atomic mass is 10.2. The summed E-state index contributed by atoms with van der Waals surface area (Å²) in [6.07, 6.45) is 0. The highest BCUT2D eigenvalue weighted by Crippen LogP contribution is 2.28. The molecule has 0 bridgehead atoms. The van der Waals surface area contributed by atoms with E-state index >= 15 is 0 Å². The number of hydrogen-bond donors (Lipinski definition) is 0. The van der Waals surface area contributed by atoms with Gasteiger partial charge in [0.15, 0.2) is 6.61 Å². The van der Waals surface area contributed by atoms with Crippen molar-refractivity contribution in [2.45, 2.75) is 13.8 Å². The Balaban J connectivity index is 1.46. The van der Waals surface area contributed by atoms with Gasteiger partial charge in [-0.05, 0) is 49.9 Å². The van der Waals surface area contributed by atoms with E-state index in [0.29, 0.717) is 47.1 Å². The van der Waals surface area contributed by atoms with E-state index in [2.05, 4.69) is 11.8 Å². The number of hydrogen-bond acceptors (Lipinski definition) is 7. The first kappa shape index (κ1) is 22.7. The number of rotatable bonds is 7. The molecule has 1 aliphatic rings. The second-order valence-corrected chi connectivity index (χ2v) is 7.86. The van der Waals surface area contributed by atoms with Crippen LogP contribution >= 0.6 is 0 Å². The molecule has 1 amide bonds. The monoisotopic (exact) mass is 452 g/mol. The molecule has 2 aromatic carbocycles. The first-order valence-electron chi connectivity index (χ1n) is 11.0. The summed E-state index contributed by atoms with van der Waals surface area (Å²) in [5.74, 6) is 2.09. The Morgan fingerprint density at radius 2 is 1.67 bits per heavy atom. The standard InChI is InChI=1S/C25H28N2O6/c1-4-26-11-13-27(14-12-26)23(28)16-31-20-9-10-21-22(15-20)32-17(2)25(24(21)29)33-19-7-5-18(30-3)6-8-19/h5-10,15H,4,11-14,16H2,1-3H3. The van der Waals surface area contributed by atoms with E-state index in [1.807, 2.05) is 4.90 Å². The van der Waals surface area contributed by atoms with E-state index in [-0.39, 0.29) is 23.7 Å². The molecule has 8 nitrogen and oxygen atoms in total. The lowest BCUT2D eigenvalue weighted by Gasteiger charge is -2.33. The molecule has 4 rings (SSSR count). The van der Waals surface area contributed by atoms with Crippen LogP contribution in [-0.4, -0.2) is 62.1 Å². The summed E-state index contributed by atoms with van der Waals surface area (Å²) >= 11 is 0. The first-order valence-corrected chi connectivity index (χ1v) is 11.0. The van der Waals surface area contributed by atoms with Crippen molar-refractivity contribution in [3.63, 3.8) is 0 Å². The van der Waals surface area contributed by atoms with E-state index in [9.17, 15) is 9.59 Å². The smallest absolute Gasteiger partial charge is 0.260 e.